The largest absolute Gasteiger partial charge is 0.379 e. The first kappa shape index (κ1) is 20.0. The lowest BCUT2D eigenvalue weighted by Crippen LogP contribution is -2.37. The van der Waals surface area contributed by atoms with Crippen LogP contribution >= 0.6 is 0 Å². The molecule has 9 nitrogen and oxygen atoms in total. The summed E-state index contributed by atoms with van der Waals surface area (Å²) in [5, 5.41) is 17.9. The van der Waals surface area contributed by atoms with Crippen LogP contribution in [0.4, 0.5) is 23.0 Å². The molecule has 0 unspecified atom stereocenters. The molecule has 1 aromatic heterocycles. The molecule has 3 rings (SSSR count). The number of nitrogens with zero attached hydrogens (tertiary/aromatic N) is 4. The summed E-state index contributed by atoms with van der Waals surface area (Å²) in [4.78, 5) is 21.8. The summed E-state index contributed by atoms with van der Waals surface area (Å²) in [7, 11) is 0. The molecule has 1 fully saturated rings. The zero-order chi connectivity index (χ0) is 19.8. The summed E-state index contributed by atoms with van der Waals surface area (Å²) in [5.41, 5.74) is 1.74. The lowest BCUT2D eigenvalue weighted by atomic mass is 10.1. The Kier molecular flexibility index (Phi) is 7.10. The summed E-state index contributed by atoms with van der Waals surface area (Å²) in [6, 6.07) is 7.71. The Bertz CT molecular complexity index is 795. The number of hydrogen-bond donors (Lipinski definition) is 2. The Labute approximate surface area is 164 Å². The molecule has 0 bridgehead atoms. The number of nitro groups is 1. The molecule has 0 amide bonds. The summed E-state index contributed by atoms with van der Waals surface area (Å²) < 4.78 is 5.34. The van der Waals surface area contributed by atoms with Crippen LogP contribution in [0.2, 0.25) is 0 Å². The van der Waals surface area contributed by atoms with E-state index < -0.39 is 4.92 Å². The third kappa shape index (κ3) is 5.14. The fourth-order valence-electron chi connectivity index (χ4n) is 3.18. The Morgan fingerprint density at radius 2 is 1.96 bits per heavy atom. The average molecular weight is 386 g/mol. The Hall–Kier alpha value is -2.78. The van der Waals surface area contributed by atoms with Gasteiger partial charge in [0.25, 0.3) is 0 Å². The van der Waals surface area contributed by atoms with Crippen LogP contribution in [0.25, 0.3) is 0 Å². The minimum absolute atomic E-state index is 0.139. The van der Waals surface area contributed by atoms with Gasteiger partial charge in [-0.05, 0) is 31.0 Å². The summed E-state index contributed by atoms with van der Waals surface area (Å²) in [5.74, 6) is 0.426. The summed E-state index contributed by atoms with van der Waals surface area (Å²) in [6.45, 7) is 6.94. The molecule has 9 heteroatoms. The van der Waals surface area contributed by atoms with Crippen molar-refractivity contribution in [2.75, 3.05) is 50.0 Å². The topological polar surface area (TPSA) is 105 Å². The van der Waals surface area contributed by atoms with E-state index in [0.29, 0.717) is 6.54 Å². The maximum atomic E-state index is 11.7. The van der Waals surface area contributed by atoms with Gasteiger partial charge in [0.15, 0.2) is 0 Å². The van der Waals surface area contributed by atoms with Crippen molar-refractivity contribution in [3.8, 4) is 0 Å². The zero-order valence-electron chi connectivity index (χ0n) is 16.1. The standard InChI is InChI=1S/C19H26N6O3/c1-2-15-6-3-4-7-16(15)23-19-17(25(26)27)18(21-14-22-19)20-8-5-9-24-10-12-28-13-11-24/h3-4,6-7,14H,2,5,8-13H2,1H3,(H2,20,21,22,23). The number of ether oxygens (including phenoxy) is 1. The molecule has 2 N–H and O–H groups in total. The molecule has 0 spiro atoms. The van der Waals surface area contributed by atoms with Crippen LogP contribution in [-0.4, -0.2) is 59.2 Å². The van der Waals surface area contributed by atoms with Gasteiger partial charge in [-0.1, -0.05) is 25.1 Å². The lowest BCUT2D eigenvalue weighted by molar-refractivity contribution is -0.383. The SMILES string of the molecule is CCc1ccccc1Nc1ncnc(NCCCN2CCOCC2)c1[N+](=O)[O-]. The highest BCUT2D eigenvalue weighted by atomic mass is 16.6. The molecule has 150 valence electrons. The normalized spacial score (nSPS) is 14.6. The van der Waals surface area contributed by atoms with Gasteiger partial charge in [-0.3, -0.25) is 15.0 Å². The van der Waals surface area contributed by atoms with E-state index in [9.17, 15) is 10.1 Å². The van der Waals surface area contributed by atoms with Gasteiger partial charge in [0.05, 0.1) is 18.1 Å². The number of hydrogen-bond acceptors (Lipinski definition) is 8. The maximum absolute atomic E-state index is 11.7. The molecular weight excluding hydrogens is 360 g/mol. The van der Waals surface area contributed by atoms with Crippen molar-refractivity contribution in [2.24, 2.45) is 0 Å². The first-order chi connectivity index (χ1) is 13.7. The first-order valence-electron chi connectivity index (χ1n) is 9.57. The van der Waals surface area contributed by atoms with Gasteiger partial charge < -0.3 is 15.4 Å². The van der Waals surface area contributed by atoms with E-state index in [0.717, 1.165) is 56.9 Å². The molecule has 1 saturated heterocycles. The van der Waals surface area contributed by atoms with Crippen LogP contribution in [0.1, 0.15) is 18.9 Å². The number of benzene rings is 1. The van der Waals surface area contributed by atoms with Crippen LogP contribution in [0.5, 0.6) is 0 Å². The molecule has 1 aliphatic heterocycles. The van der Waals surface area contributed by atoms with Gasteiger partial charge in [-0.2, -0.15) is 0 Å². The second-order valence-electron chi connectivity index (χ2n) is 6.55. The number of nitrogens with one attached hydrogen (secondary N) is 2. The maximum Gasteiger partial charge on any atom is 0.353 e. The van der Waals surface area contributed by atoms with E-state index in [1.807, 2.05) is 31.2 Å². The van der Waals surface area contributed by atoms with E-state index in [1.54, 1.807) is 0 Å². The number of aryl methyl sites for hydroxylation is 1. The predicted molar refractivity (Wildman–Crippen MR) is 108 cm³/mol. The monoisotopic (exact) mass is 386 g/mol. The van der Waals surface area contributed by atoms with Crippen molar-refractivity contribution in [1.82, 2.24) is 14.9 Å². The van der Waals surface area contributed by atoms with E-state index in [1.165, 1.54) is 6.33 Å². The first-order valence-corrected chi connectivity index (χ1v) is 9.57. The number of para-hydroxylation sites is 1. The lowest BCUT2D eigenvalue weighted by Gasteiger charge is -2.26. The number of rotatable bonds is 9. The molecule has 0 saturated carbocycles. The molecule has 1 aromatic carbocycles. The Morgan fingerprint density at radius 1 is 1.21 bits per heavy atom. The number of aromatic nitrogens is 2. The Morgan fingerprint density at radius 3 is 2.71 bits per heavy atom. The minimum Gasteiger partial charge on any atom is -0.379 e. The van der Waals surface area contributed by atoms with Gasteiger partial charge in [0, 0.05) is 25.3 Å². The molecule has 1 aliphatic rings. The zero-order valence-corrected chi connectivity index (χ0v) is 16.1. The average Bonchev–Trinajstić information content (AvgIpc) is 2.72. The van der Waals surface area contributed by atoms with Crippen LogP contribution in [0, 0.1) is 10.1 Å². The van der Waals surface area contributed by atoms with Crippen molar-refractivity contribution in [3.63, 3.8) is 0 Å². The van der Waals surface area contributed by atoms with Gasteiger partial charge in [-0.15, -0.1) is 0 Å². The number of anilines is 3. The second-order valence-corrected chi connectivity index (χ2v) is 6.55. The van der Waals surface area contributed by atoms with E-state index in [2.05, 4.69) is 25.5 Å². The quantitative estimate of drug-likeness (QED) is 0.385. The molecular formula is C19H26N6O3. The molecule has 28 heavy (non-hydrogen) atoms. The molecule has 2 heterocycles. The second kappa shape index (κ2) is 9.95. The Balaban J connectivity index is 1.68. The highest BCUT2D eigenvalue weighted by molar-refractivity contribution is 5.74. The fourth-order valence-corrected chi connectivity index (χ4v) is 3.18. The third-order valence-corrected chi connectivity index (χ3v) is 4.70. The smallest absolute Gasteiger partial charge is 0.353 e. The fraction of sp³-hybridized carbons (Fsp3) is 0.474. The van der Waals surface area contributed by atoms with Crippen molar-refractivity contribution in [2.45, 2.75) is 19.8 Å². The van der Waals surface area contributed by atoms with E-state index >= 15 is 0 Å². The van der Waals surface area contributed by atoms with E-state index in [4.69, 9.17) is 4.74 Å². The van der Waals surface area contributed by atoms with Crippen LogP contribution in [-0.2, 0) is 11.2 Å². The summed E-state index contributed by atoms with van der Waals surface area (Å²) in [6.07, 6.45) is 3.02. The van der Waals surface area contributed by atoms with Crippen molar-refractivity contribution in [3.05, 3.63) is 46.3 Å². The minimum atomic E-state index is -0.443. The van der Waals surface area contributed by atoms with Crippen LogP contribution in [0.15, 0.2) is 30.6 Å². The third-order valence-electron chi connectivity index (χ3n) is 4.70. The number of morpholine rings is 1. The van der Waals surface area contributed by atoms with Gasteiger partial charge in [0.1, 0.15) is 6.33 Å². The van der Waals surface area contributed by atoms with Gasteiger partial charge in [0.2, 0.25) is 11.6 Å². The summed E-state index contributed by atoms with van der Waals surface area (Å²) >= 11 is 0. The predicted octanol–water partition coefficient (Wildman–Crippen LogP) is 2.83. The molecule has 0 radical (unpaired) electrons. The highest BCUT2D eigenvalue weighted by Gasteiger charge is 2.23. The van der Waals surface area contributed by atoms with Gasteiger partial charge in [-0.25, -0.2) is 9.97 Å². The molecule has 2 aromatic rings. The van der Waals surface area contributed by atoms with Gasteiger partial charge >= 0.3 is 5.69 Å². The molecule has 0 atom stereocenters. The van der Waals surface area contributed by atoms with Crippen LogP contribution < -0.4 is 10.6 Å². The van der Waals surface area contributed by atoms with Crippen LogP contribution in [0.3, 0.4) is 0 Å². The van der Waals surface area contributed by atoms with Crippen molar-refractivity contribution in [1.29, 1.82) is 0 Å². The van der Waals surface area contributed by atoms with Crippen molar-refractivity contribution < 1.29 is 9.66 Å². The van der Waals surface area contributed by atoms with Crippen molar-refractivity contribution >= 4 is 23.0 Å². The highest BCUT2D eigenvalue weighted by Crippen LogP contribution is 2.32. The molecule has 0 aliphatic carbocycles. The van der Waals surface area contributed by atoms with E-state index in [-0.39, 0.29) is 17.3 Å².